The monoisotopic (exact) mass is 331 g/mol. The molecule has 1 aromatic carbocycles. The lowest BCUT2D eigenvalue weighted by atomic mass is 10.1. The van der Waals surface area contributed by atoms with Gasteiger partial charge in [0.1, 0.15) is 0 Å². The highest BCUT2D eigenvalue weighted by Gasteiger charge is 2.25. The molecule has 0 bridgehead atoms. The fourth-order valence-corrected chi connectivity index (χ4v) is 4.27. The summed E-state index contributed by atoms with van der Waals surface area (Å²) < 4.78 is 24.2. The van der Waals surface area contributed by atoms with Gasteiger partial charge in [0.2, 0.25) is 0 Å². The summed E-state index contributed by atoms with van der Waals surface area (Å²) in [5.74, 6) is 0.617. The molecule has 0 spiro atoms. The first-order chi connectivity index (χ1) is 8.46. The molecule has 1 heterocycles. The molecule has 1 fully saturated rings. The van der Waals surface area contributed by atoms with Crippen molar-refractivity contribution in [2.45, 2.75) is 31.8 Å². The molecular formula is C13H18BrNO2S. The molecule has 0 aliphatic carbocycles. The van der Waals surface area contributed by atoms with Gasteiger partial charge in [-0.15, -0.1) is 0 Å². The molecule has 5 heteroatoms. The molecule has 2 rings (SSSR count). The van der Waals surface area contributed by atoms with Crippen LogP contribution in [0.1, 0.15) is 31.4 Å². The van der Waals surface area contributed by atoms with Gasteiger partial charge in [0.05, 0.1) is 11.5 Å². The van der Waals surface area contributed by atoms with Crippen molar-refractivity contribution in [3.63, 3.8) is 0 Å². The summed E-state index contributed by atoms with van der Waals surface area (Å²) in [7, 11) is -2.84. The Balaban J connectivity index is 1.99. The average molecular weight is 332 g/mol. The third-order valence-electron chi connectivity index (χ3n) is 3.32. The summed E-state index contributed by atoms with van der Waals surface area (Å²) in [6.45, 7) is 2.07. The number of rotatable bonds is 3. The Labute approximate surface area is 117 Å². The van der Waals surface area contributed by atoms with Crippen LogP contribution in [0.3, 0.4) is 0 Å². The highest BCUT2D eigenvalue weighted by Crippen LogP contribution is 2.19. The SMILES string of the molecule is CC(NC1CCCS(=O)(=O)C1)c1ccc(Br)cc1. The molecule has 1 N–H and O–H groups in total. The van der Waals surface area contributed by atoms with Crippen molar-refractivity contribution in [1.29, 1.82) is 0 Å². The summed E-state index contributed by atoms with van der Waals surface area (Å²) in [6, 6.07) is 8.38. The Kier molecular flexibility index (Phi) is 4.45. The predicted octanol–water partition coefficient (Wildman–Crippen LogP) is 2.68. The first-order valence-corrected chi connectivity index (χ1v) is 8.80. The topological polar surface area (TPSA) is 46.2 Å². The second-order valence-corrected chi connectivity index (χ2v) is 8.04. The van der Waals surface area contributed by atoms with E-state index in [1.165, 1.54) is 5.56 Å². The first-order valence-electron chi connectivity index (χ1n) is 6.18. The fourth-order valence-electron chi connectivity index (χ4n) is 2.36. The van der Waals surface area contributed by atoms with E-state index in [2.05, 4.69) is 40.3 Å². The first kappa shape index (κ1) is 14.0. The van der Waals surface area contributed by atoms with Crippen LogP contribution in [0.5, 0.6) is 0 Å². The van der Waals surface area contributed by atoms with Crippen LogP contribution in [0.2, 0.25) is 0 Å². The molecule has 1 aliphatic rings. The van der Waals surface area contributed by atoms with E-state index in [0.717, 1.165) is 17.3 Å². The second kappa shape index (κ2) is 5.72. The Morgan fingerprint density at radius 1 is 1.33 bits per heavy atom. The third kappa shape index (κ3) is 3.80. The Bertz CT molecular complexity index is 498. The Morgan fingerprint density at radius 3 is 2.61 bits per heavy atom. The van der Waals surface area contributed by atoms with Gasteiger partial charge in [-0.25, -0.2) is 8.42 Å². The van der Waals surface area contributed by atoms with Crippen molar-refractivity contribution in [3.8, 4) is 0 Å². The molecule has 18 heavy (non-hydrogen) atoms. The molecule has 1 saturated heterocycles. The maximum atomic E-state index is 11.6. The van der Waals surface area contributed by atoms with Gasteiger partial charge in [-0.3, -0.25) is 0 Å². The zero-order valence-electron chi connectivity index (χ0n) is 10.4. The zero-order valence-corrected chi connectivity index (χ0v) is 12.8. The molecule has 2 unspecified atom stereocenters. The van der Waals surface area contributed by atoms with Gasteiger partial charge >= 0.3 is 0 Å². The van der Waals surface area contributed by atoms with Gasteiger partial charge in [-0.05, 0) is 37.5 Å². The molecule has 1 aromatic rings. The molecule has 1 aliphatic heterocycles. The number of nitrogens with one attached hydrogen (secondary N) is 1. The molecular weight excluding hydrogens is 314 g/mol. The van der Waals surface area contributed by atoms with Gasteiger partial charge in [-0.1, -0.05) is 28.1 Å². The molecule has 0 radical (unpaired) electrons. The summed E-state index contributed by atoms with van der Waals surface area (Å²) in [5, 5.41) is 3.42. The average Bonchev–Trinajstić information content (AvgIpc) is 2.28. The molecule has 100 valence electrons. The van der Waals surface area contributed by atoms with Crippen LogP contribution in [-0.2, 0) is 9.84 Å². The number of sulfone groups is 1. The lowest BCUT2D eigenvalue weighted by molar-refractivity contribution is 0.437. The normalized spacial score (nSPS) is 24.7. The van der Waals surface area contributed by atoms with Crippen LogP contribution >= 0.6 is 15.9 Å². The number of benzene rings is 1. The van der Waals surface area contributed by atoms with E-state index < -0.39 is 9.84 Å². The van der Waals surface area contributed by atoms with Gasteiger partial charge in [0.25, 0.3) is 0 Å². The van der Waals surface area contributed by atoms with Gasteiger partial charge < -0.3 is 5.32 Å². The lowest BCUT2D eigenvalue weighted by Gasteiger charge is -2.26. The van der Waals surface area contributed by atoms with Crippen molar-refractivity contribution >= 4 is 25.8 Å². The lowest BCUT2D eigenvalue weighted by Crippen LogP contribution is -2.41. The molecule has 0 saturated carbocycles. The van der Waals surface area contributed by atoms with Crippen molar-refractivity contribution in [2.24, 2.45) is 0 Å². The second-order valence-electron chi connectivity index (χ2n) is 4.89. The van der Waals surface area contributed by atoms with E-state index in [1.807, 2.05) is 12.1 Å². The summed E-state index contributed by atoms with van der Waals surface area (Å²) in [4.78, 5) is 0. The summed E-state index contributed by atoms with van der Waals surface area (Å²) in [5.41, 5.74) is 1.18. The molecule has 0 amide bonds. The maximum absolute atomic E-state index is 11.6. The van der Waals surface area contributed by atoms with Crippen molar-refractivity contribution in [3.05, 3.63) is 34.3 Å². The third-order valence-corrected chi connectivity index (χ3v) is 5.67. The van der Waals surface area contributed by atoms with Crippen LogP contribution in [0.15, 0.2) is 28.7 Å². The van der Waals surface area contributed by atoms with Crippen LogP contribution in [-0.4, -0.2) is 26.0 Å². The minimum atomic E-state index is -2.84. The van der Waals surface area contributed by atoms with Crippen molar-refractivity contribution in [2.75, 3.05) is 11.5 Å². The molecule has 3 nitrogen and oxygen atoms in total. The van der Waals surface area contributed by atoms with Crippen LogP contribution in [0, 0.1) is 0 Å². The quantitative estimate of drug-likeness (QED) is 0.926. The van der Waals surface area contributed by atoms with Gasteiger partial charge in [-0.2, -0.15) is 0 Å². The van der Waals surface area contributed by atoms with Crippen LogP contribution in [0.4, 0.5) is 0 Å². The summed E-state index contributed by atoms with van der Waals surface area (Å²) in [6.07, 6.45) is 1.72. The zero-order chi connectivity index (χ0) is 13.2. The number of hydrogen-bond donors (Lipinski definition) is 1. The standard InChI is InChI=1S/C13H18BrNO2S/c1-10(11-4-6-12(14)7-5-11)15-13-3-2-8-18(16,17)9-13/h4-7,10,13,15H,2-3,8-9H2,1H3. The van der Waals surface area contributed by atoms with E-state index in [0.29, 0.717) is 5.75 Å². The van der Waals surface area contributed by atoms with Crippen LogP contribution < -0.4 is 5.32 Å². The Hall–Kier alpha value is -0.390. The largest absolute Gasteiger partial charge is 0.306 e. The van der Waals surface area contributed by atoms with E-state index in [9.17, 15) is 8.42 Å². The van der Waals surface area contributed by atoms with Crippen molar-refractivity contribution < 1.29 is 8.42 Å². The smallest absolute Gasteiger partial charge is 0.151 e. The maximum Gasteiger partial charge on any atom is 0.151 e. The fraction of sp³-hybridized carbons (Fsp3) is 0.538. The highest BCUT2D eigenvalue weighted by molar-refractivity contribution is 9.10. The minimum Gasteiger partial charge on any atom is -0.306 e. The van der Waals surface area contributed by atoms with Gasteiger partial charge in [0.15, 0.2) is 9.84 Å². The summed E-state index contributed by atoms with van der Waals surface area (Å²) >= 11 is 3.41. The minimum absolute atomic E-state index is 0.0856. The van der Waals surface area contributed by atoms with E-state index in [-0.39, 0.29) is 17.8 Å². The Morgan fingerprint density at radius 2 is 2.00 bits per heavy atom. The van der Waals surface area contributed by atoms with E-state index in [1.54, 1.807) is 0 Å². The number of hydrogen-bond acceptors (Lipinski definition) is 3. The molecule has 0 aromatic heterocycles. The number of halogens is 1. The van der Waals surface area contributed by atoms with Gasteiger partial charge in [0, 0.05) is 16.6 Å². The van der Waals surface area contributed by atoms with E-state index in [4.69, 9.17) is 0 Å². The van der Waals surface area contributed by atoms with Crippen LogP contribution in [0.25, 0.3) is 0 Å². The van der Waals surface area contributed by atoms with E-state index >= 15 is 0 Å². The highest BCUT2D eigenvalue weighted by atomic mass is 79.9. The molecule has 2 atom stereocenters. The van der Waals surface area contributed by atoms with Crippen molar-refractivity contribution in [1.82, 2.24) is 5.32 Å². The predicted molar refractivity (Wildman–Crippen MR) is 77.4 cm³/mol.